The van der Waals surface area contributed by atoms with Gasteiger partial charge in [-0.25, -0.2) is 0 Å². The van der Waals surface area contributed by atoms with Crippen LogP contribution in [0.25, 0.3) is 0 Å². The molecule has 2 saturated heterocycles. The first-order valence-corrected chi connectivity index (χ1v) is 11.3. The smallest absolute Gasteiger partial charge is 0.251 e. The van der Waals surface area contributed by atoms with Crippen molar-refractivity contribution in [2.24, 2.45) is 4.99 Å². The number of hydrogen-bond acceptors (Lipinski definition) is 4. The summed E-state index contributed by atoms with van der Waals surface area (Å²) < 4.78 is 11.9. The van der Waals surface area contributed by atoms with Crippen LogP contribution in [0.15, 0.2) is 29.3 Å². The van der Waals surface area contributed by atoms with Crippen molar-refractivity contribution in [3.8, 4) is 0 Å². The fourth-order valence-corrected chi connectivity index (χ4v) is 4.02. The molecule has 0 aromatic heterocycles. The lowest BCUT2D eigenvalue weighted by Crippen LogP contribution is -2.47. The number of amides is 1. The predicted molar refractivity (Wildman–Crippen MR) is 134 cm³/mol. The van der Waals surface area contributed by atoms with Crippen LogP contribution in [0.2, 0.25) is 0 Å². The van der Waals surface area contributed by atoms with Crippen LogP contribution in [0.4, 0.5) is 0 Å². The summed E-state index contributed by atoms with van der Waals surface area (Å²) in [5.74, 6) is 0.858. The fraction of sp³-hybridized carbons (Fsp3) is 0.652. The summed E-state index contributed by atoms with van der Waals surface area (Å²) in [5, 5.41) is 6.28. The van der Waals surface area contributed by atoms with E-state index >= 15 is 0 Å². The molecule has 0 aliphatic carbocycles. The van der Waals surface area contributed by atoms with Gasteiger partial charge in [0.2, 0.25) is 0 Å². The lowest BCUT2D eigenvalue weighted by molar-refractivity contribution is -0.0721. The van der Waals surface area contributed by atoms with Crippen LogP contribution in [0, 0.1) is 0 Å². The first-order chi connectivity index (χ1) is 14.7. The van der Waals surface area contributed by atoms with Crippen LogP contribution in [0.3, 0.4) is 0 Å². The van der Waals surface area contributed by atoms with E-state index in [0.717, 1.165) is 57.1 Å². The zero-order valence-electron chi connectivity index (χ0n) is 18.8. The largest absolute Gasteiger partial charge is 0.376 e. The van der Waals surface area contributed by atoms with Crippen molar-refractivity contribution < 1.29 is 14.3 Å². The van der Waals surface area contributed by atoms with Gasteiger partial charge in [-0.15, -0.1) is 24.0 Å². The van der Waals surface area contributed by atoms with Gasteiger partial charge in [0.15, 0.2) is 5.96 Å². The summed E-state index contributed by atoms with van der Waals surface area (Å²) in [4.78, 5) is 18.8. The first-order valence-electron chi connectivity index (χ1n) is 11.3. The average Bonchev–Trinajstić information content (AvgIpc) is 2.80. The van der Waals surface area contributed by atoms with Gasteiger partial charge in [0.05, 0.1) is 18.8 Å². The average molecular weight is 544 g/mol. The molecule has 7 nitrogen and oxygen atoms in total. The summed E-state index contributed by atoms with van der Waals surface area (Å²) in [6.45, 7) is 6.63. The molecule has 0 bridgehead atoms. The van der Waals surface area contributed by atoms with Gasteiger partial charge in [0.1, 0.15) is 0 Å². The van der Waals surface area contributed by atoms with Crippen molar-refractivity contribution >= 4 is 35.8 Å². The molecule has 1 atom stereocenters. The predicted octanol–water partition coefficient (Wildman–Crippen LogP) is 3.18. The van der Waals surface area contributed by atoms with Crippen molar-refractivity contribution in [1.29, 1.82) is 0 Å². The summed E-state index contributed by atoms with van der Waals surface area (Å²) in [7, 11) is 1.82. The molecule has 3 rings (SSSR count). The highest BCUT2D eigenvalue weighted by Crippen LogP contribution is 2.18. The van der Waals surface area contributed by atoms with Crippen LogP contribution in [-0.2, 0) is 16.0 Å². The molecule has 2 fully saturated rings. The van der Waals surface area contributed by atoms with Crippen molar-refractivity contribution in [2.45, 2.75) is 57.8 Å². The molecular formula is C23H37IN4O3. The third-order valence-corrected chi connectivity index (χ3v) is 5.72. The second kappa shape index (κ2) is 13.9. The Hall–Kier alpha value is -1.39. The van der Waals surface area contributed by atoms with Gasteiger partial charge in [-0.3, -0.25) is 9.79 Å². The first kappa shape index (κ1) is 25.9. The molecule has 1 aromatic carbocycles. The summed E-state index contributed by atoms with van der Waals surface area (Å²) in [5.41, 5.74) is 1.75. The highest BCUT2D eigenvalue weighted by atomic mass is 127. The van der Waals surface area contributed by atoms with Gasteiger partial charge < -0.3 is 25.0 Å². The number of hydrogen-bond donors (Lipinski definition) is 2. The van der Waals surface area contributed by atoms with Crippen molar-refractivity contribution in [3.05, 3.63) is 35.4 Å². The number of carbonyl (C=O) groups is 1. The summed E-state index contributed by atoms with van der Waals surface area (Å²) in [6.07, 6.45) is 6.13. The Morgan fingerprint density at radius 3 is 2.71 bits per heavy atom. The Labute approximate surface area is 203 Å². The molecule has 0 radical (unpaired) electrons. The number of rotatable bonds is 7. The second-order valence-corrected chi connectivity index (χ2v) is 7.97. The van der Waals surface area contributed by atoms with Gasteiger partial charge in [-0.05, 0) is 56.7 Å². The molecule has 1 unspecified atom stereocenters. The van der Waals surface area contributed by atoms with E-state index in [1.165, 1.54) is 12.8 Å². The molecule has 2 N–H and O–H groups in total. The van der Waals surface area contributed by atoms with Crippen molar-refractivity contribution in [3.63, 3.8) is 0 Å². The monoisotopic (exact) mass is 544 g/mol. The van der Waals surface area contributed by atoms with Crippen molar-refractivity contribution in [2.75, 3.05) is 39.9 Å². The number of halogens is 1. The number of guanidine groups is 1. The van der Waals surface area contributed by atoms with E-state index in [-0.39, 0.29) is 36.0 Å². The Bertz CT molecular complexity index is 702. The Morgan fingerprint density at radius 1 is 1.23 bits per heavy atom. The highest BCUT2D eigenvalue weighted by molar-refractivity contribution is 14.0. The summed E-state index contributed by atoms with van der Waals surface area (Å²) >= 11 is 0. The fourth-order valence-electron chi connectivity index (χ4n) is 4.02. The lowest BCUT2D eigenvalue weighted by atomic mass is 10.1. The molecule has 2 aliphatic heterocycles. The highest BCUT2D eigenvalue weighted by Gasteiger charge is 2.23. The third-order valence-electron chi connectivity index (χ3n) is 5.72. The molecule has 174 valence electrons. The molecule has 2 heterocycles. The van der Waals surface area contributed by atoms with Crippen LogP contribution in [-0.4, -0.2) is 68.9 Å². The molecule has 1 aromatic rings. The Kier molecular flexibility index (Phi) is 11.6. The maximum absolute atomic E-state index is 12.0. The van der Waals surface area contributed by atoms with Crippen LogP contribution >= 0.6 is 24.0 Å². The molecule has 31 heavy (non-hydrogen) atoms. The number of aliphatic imine (C=N–C) groups is 1. The molecule has 8 heteroatoms. The van der Waals surface area contributed by atoms with Crippen molar-refractivity contribution in [1.82, 2.24) is 15.5 Å². The van der Waals surface area contributed by atoms with E-state index in [2.05, 4.69) is 20.5 Å². The number of benzene rings is 1. The molecule has 0 spiro atoms. The van der Waals surface area contributed by atoms with E-state index in [9.17, 15) is 4.79 Å². The number of nitrogens with zero attached hydrogens (tertiary/aromatic N) is 2. The SMILES string of the molecule is CCNC(=O)c1cccc(CNC(=NC)N2CCC(OCC3CCCCO3)CC2)c1.I. The number of nitrogens with one attached hydrogen (secondary N) is 2. The van der Waals surface area contributed by atoms with E-state index in [4.69, 9.17) is 9.47 Å². The van der Waals surface area contributed by atoms with Gasteiger partial charge >= 0.3 is 0 Å². The van der Waals surface area contributed by atoms with Gasteiger partial charge in [-0.1, -0.05) is 12.1 Å². The van der Waals surface area contributed by atoms with Gasteiger partial charge in [0, 0.05) is 45.4 Å². The minimum Gasteiger partial charge on any atom is -0.376 e. The van der Waals surface area contributed by atoms with Crippen LogP contribution < -0.4 is 10.6 Å². The quantitative estimate of drug-likeness (QED) is 0.314. The minimum atomic E-state index is -0.0376. The van der Waals surface area contributed by atoms with Crippen LogP contribution in [0.5, 0.6) is 0 Å². The number of ether oxygens (including phenoxy) is 2. The number of carbonyl (C=O) groups excluding carboxylic acids is 1. The van der Waals surface area contributed by atoms with E-state index in [1.54, 1.807) is 0 Å². The zero-order valence-corrected chi connectivity index (χ0v) is 21.1. The minimum absolute atomic E-state index is 0. The number of piperidine rings is 1. The van der Waals surface area contributed by atoms with Gasteiger partial charge in [0.25, 0.3) is 5.91 Å². The second-order valence-electron chi connectivity index (χ2n) is 7.97. The summed E-state index contributed by atoms with van der Waals surface area (Å²) in [6, 6.07) is 7.71. The van der Waals surface area contributed by atoms with E-state index < -0.39 is 0 Å². The maximum atomic E-state index is 12.0. The van der Waals surface area contributed by atoms with E-state index in [1.807, 2.05) is 38.2 Å². The van der Waals surface area contributed by atoms with Gasteiger partial charge in [-0.2, -0.15) is 0 Å². The third kappa shape index (κ3) is 8.23. The zero-order chi connectivity index (χ0) is 21.2. The topological polar surface area (TPSA) is 75.2 Å². The van der Waals surface area contributed by atoms with Crippen LogP contribution in [0.1, 0.15) is 54.9 Å². The molecule has 1 amide bonds. The standard InChI is InChI=1S/C23H36N4O3.HI/c1-3-25-22(28)19-8-6-7-18(15-19)16-26-23(24-2)27-12-10-20(11-13-27)30-17-21-9-4-5-14-29-21;/h6-8,15,20-21H,3-5,9-14,16-17H2,1-2H3,(H,24,26)(H,25,28);1H. The normalized spacial score (nSPS) is 20.1. The molecular weight excluding hydrogens is 507 g/mol. The lowest BCUT2D eigenvalue weighted by Gasteiger charge is -2.35. The number of likely N-dealkylation sites (tertiary alicyclic amines) is 1. The van der Waals surface area contributed by atoms with E-state index in [0.29, 0.717) is 24.8 Å². The maximum Gasteiger partial charge on any atom is 0.251 e. The molecule has 0 saturated carbocycles. The Balaban J connectivity index is 0.00000341. The molecule has 2 aliphatic rings. The Morgan fingerprint density at radius 2 is 2.03 bits per heavy atom.